The molecular weight excluding hydrogens is 252 g/mol. The average molecular weight is 263 g/mol. The van der Waals surface area contributed by atoms with Gasteiger partial charge in [-0.25, -0.2) is 4.98 Å². The van der Waals surface area contributed by atoms with E-state index in [-0.39, 0.29) is 5.91 Å². The van der Waals surface area contributed by atoms with E-state index in [4.69, 9.17) is 0 Å². The van der Waals surface area contributed by atoms with Crippen molar-refractivity contribution in [2.24, 2.45) is 0 Å². The molecule has 0 spiro atoms. The molecule has 0 aromatic carbocycles. The standard InChI is InChI=1S/C8H11BrN2OS/c1-8(2,9)7(12)11-5-6-10-3-4-13-6/h3-4H,5H2,1-2H3,(H,11,12). The smallest absolute Gasteiger partial charge is 0.236 e. The van der Waals surface area contributed by atoms with Crippen molar-refractivity contribution in [2.75, 3.05) is 0 Å². The maximum atomic E-state index is 11.4. The van der Waals surface area contributed by atoms with E-state index in [1.165, 1.54) is 11.3 Å². The topological polar surface area (TPSA) is 42.0 Å². The average Bonchev–Trinajstić information content (AvgIpc) is 2.50. The second kappa shape index (κ2) is 4.19. The van der Waals surface area contributed by atoms with Crippen LogP contribution in [0.15, 0.2) is 11.6 Å². The summed E-state index contributed by atoms with van der Waals surface area (Å²) in [6, 6.07) is 0. The fourth-order valence-electron chi connectivity index (χ4n) is 0.706. The van der Waals surface area contributed by atoms with Crippen molar-refractivity contribution in [3.05, 3.63) is 16.6 Å². The second-order valence-electron chi connectivity index (χ2n) is 3.08. The summed E-state index contributed by atoms with van der Waals surface area (Å²) in [5, 5.41) is 5.60. The minimum Gasteiger partial charge on any atom is -0.348 e. The van der Waals surface area contributed by atoms with Crippen LogP contribution >= 0.6 is 27.3 Å². The van der Waals surface area contributed by atoms with E-state index in [2.05, 4.69) is 26.2 Å². The summed E-state index contributed by atoms with van der Waals surface area (Å²) in [6.07, 6.45) is 1.73. The Labute approximate surface area is 89.7 Å². The van der Waals surface area contributed by atoms with Crippen LogP contribution in [0.25, 0.3) is 0 Å². The van der Waals surface area contributed by atoms with Gasteiger partial charge in [0.15, 0.2) is 0 Å². The van der Waals surface area contributed by atoms with Crippen LogP contribution in [0, 0.1) is 0 Å². The first kappa shape index (κ1) is 10.7. The van der Waals surface area contributed by atoms with E-state index in [1.54, 1.807) is 6.20 Å². The van der Waals surface area contributed by atoms with Crippen LogP contribution in [0.1, 0.15) is 18.9 Å². The Morgan fingerprint density at radius 3 is 2.92 bits per heavy atom. The van der Waals surface area contributed by atoms with E-state index in [9.17, 15) is 4.79 Å². The van der Waals surface area contributed by atoms with Crippen LogP contribution in [-0.2, 0) is 11.3 Å². The molecule has 1 heterocycles. The summed E-state index contributed by atoms with van der Waals surface area (Å²) < 4.78 is -0.510. The number of alkyl halides is 1. The van der Waals surface area contributed by atoms with Crippen LogP contribution in [-0.4, -0.2) is 15.2 Å². The molecule has 0 aliphatic heterocycles. The normalized spacial score (nSPS) is 11.3. The molecular formula is C8H11BrN2OS. The summed E-state index contributed by atoms with van der Waals surface area (Å²) in [5.41, 5.74) is 0. The molecule has 0 aliphatic rings. The molecule has 1 rings (SSSR count). The van der Waals surface area contributed by atoms with Crippen LogP contribution in [0.4, 0.5) is 0 Å². The van der Waals surface area contributed by atoms with Crippen LogP contribution < -0.4 is 5.32 Å². The first-order valence-electron chi connectivity index (χ1n) is 3.86. The number of hydrogen-bond acceptors (Lipinski definition) is 3. The molecule has 1 aromatic heterocycles. The number of amides is 1. The van der Waals surface area contributed by atoms with Crippen molar-refractivity contribution in [3.8, 4) is 0 Å². The second-order valence-corrected chi connectivity index (χ2v) is 6.04. The molecule has 3 nitrogen and oxygen atoms in total. The lowest BCUT2D eigenvalue weighted by atomic mass is 10.2. The molecule has 0 saturated carbocycles. The molecule has 1 N–H and O–H groups in total. The molecule has 0 bridgehead atoms. The highest BCUT2D eigenvalue weighted by Crippen LogP contribution is 2.15. The highest BCUT2D eigenvalue weighted by Gasteiger charge is 2.22. The first-order valence-corrected chi connectivity index (χ1v) is 5.53. The Morgan fingerprint density at radius 1 is 1.77 bits per heavy atom. The Morgan fingerprint density at radius 2 is 2.46 bits per heavy atom. The molecule has 0 saturated heterocycles. The van der Waals surface area contributed by atoms with E-state index < -0.39 is 4.32 Å². The maximum absolute atomic E-state index is 11.4. The lowest BCUT2D eigenvalue weighted by molar-refractivity contribution is -0.122. The zero-order valence-electron chi connectivity index (χ0n) is 7.50. The predicted octanol–water partition coefficient (Wildman–Crippen LogP) is 1.93. The fraction of sp³-hybridized carbons (Fsp3) is 0.500. The number of halogens is 1. The summed E-state index contributed by atoms with van der Waals surface area (Å²) >= 11 is 4.81. The molecule has 0 fully saturated rings. The van der Waals surface area contributed by atoms with Crippen LogP contribution in [0.5, 0.6) is 0 Å². The van der Waals surface area contributed by atoms with Gasteiger partial charge in [0.05, 0.1) is 10.9 Å². The Kier molecular flexibility index (Phi) is 3.44. The fourth-order valence-corrected chi connectivity index (χ4v) is 1.40. The van der Waals surface area contributed by atoms with Crippen molar-refractivity contribution in [2.45, 2.75) is 24.7 Å². The number of aromatic nitrogens is 1. The number of nitrogens with zero attached hydrogens (tertiary/aromatic N) is 1. The first-order chi connectivity index (χ1) is 6.00. The maximum Gasteiger partial charge on any atom is 0.236 e. The van der Waals surface area contributed by atoms with E-state index >= 15 is 0 Å². The van der Waals surface area contributed by atoms with Crippen LogP contribution in [0.3, 0.4) is 0 Å². The van der Waals surface area contributed by atoms with Gasteiger partial charge in [-0.1, -0.05) is 15.9 Å². The van der Waals surface area contributed by atoms with Gasteiger partial charge in [-0.3, -0.25) is 4.79 Å². The van der Waals surface area contributed by atoms with Gasteiger partial charge in [0.1, 0.15) is 5.01 Å². The quantitative estimate of drug-likeness (QED) is 0.847. The molecule has 0 aliphatic carbocycles. The third-order valence-electron chi connectivity index (χ3n) is 1.42. The minimum absolute atomic E-state index is 0.0253. The van der Waals surface area contributed by atoms with Gasteiger partial charge in [0.25, 0.3) is 0 Å². The molecule has 1 aromatic rings. The van der Waals surface area contributed by atoms with Gasteiger partial charge in [0, 0.05) is 11.6 Å². The van der Waals surface area contributed by atoms with Crippen molar-refractivity contribution < 1.29 is 4.79 Å². The molecule has 0 unspecified atom stereocenters. The summed E-state index contributed by atoms with van der Waals surface area (Å²) in [4.78, 5) is 15.4. The molecule has 1 amide bonds. The SMILES string of the molecule is CC(C)(Br)C(=O)NCc1nccs1. The largest absolute Gasteiger partial charge is 0.348 e. The number of carbonyl (C=O) groups excluding carboxylic acids is 1. The van der Waals surface area contributed by atoms with E-state index in [0.717, 1.165) is 5.01 Å². The van der Waals surface area contributed by atoms with E-state index in [1.807, 2.05) is 19.2 Å². The molecule has 72 valence electrons. The lowest BCUT2D eigenvalue weighted by Crippen LogP contribution is -2.36. The molecule has 13 heavy (non-hydrogen) atoms. The zero-order valence-corrected chi connectivity index (χ0v) is 9.91. The molecule has 0 atom stereocenters. The Hall–Kier alpha value is -0.420. The zero-order chi connectivity index (χ0) is 9.90. The van der Waals surface area contributed by atoms with Crippen LogP contribution in [0.2, 0.25) is 0 Å². The number of thiazole rings is 1. The number of carbonyl (C=O) groups is 1. The number of hydrogen-bond donors (Lipinski definition) is 1. The monoisotopic (exact) mass is 262 g/mol. The number of nitrogens with one attached hydrogen (secondary N) is 1. The van der Waals surface area contributed by atoms with Gasteiger partial charge in [-0.05, 0) is 13.8 Å². The Balaban J connectivity index is 2.40. The predicted molar refractivity (Wildman–Crippen MR) is 57.0 cm³/mol. The summed E-state index contributed by atoms with van der Waals surface area (Å²) in [5.74, 6) is -0.0253. The van der Waals surface area contributed by atoms with Gasteiger partial charge >= 0.3 is 0 Å². The van der Waals surface area contributed by atoms with Crippen molar-refractivity contribution in [1.29, 1.82) is 0 Å². The van der Waals surface area contributed by atoms with Crippen molar-refractivity contribution >= 4 is 33.2 Å². The Bertz CT molecular complexity index is 279. The van der Waals surface area contributed by atoms with Crippen molar-refractivity contribution in [1.82, 2.24) is 10.3 Å². The minimum atomic E-state index is -0.510. The summed E-state index contributed by atoms with van der Waals surface area (Å²) in [6.45, 7) is 4.12. The van der Waals surface area contributed by atoms with Crippen molar-refractivity contribution in [3.63, 3.8) is 0 Å². The third kappa shape index (κ3) is 3.44. The third-order valence-corrected chi connectivity index (χ3v) is 2.56. The van der Waals surface area contributed by atoms with E-state index in [0.29, 0.717) is 6.54 Å². The van der Waals surface area contributed by atoms with Gasteiger partial charge in [-0.2, -0.15) is 0 Å². The van der Waals surface area contributed by atoms with Gasteiger partial charge in [-0.15, -0.1) is 11.3 Å². The van der Waals surface area contributed by atoms with Gasteiger partial charge in [0.2, 0.25) is 5.91 Å². The number of rotatable bonds is 3. The molecule has 5 heteroatoms. The molecule has 0 radical (unpaired) electrons. The van der Waals surface area contributed by atoms with Gasteiger partial charge < -0.3 is 5.32 Å². The highest BCUT2D eigenvalue weighted by atomic mass is 79.9. The lowest BCUT2D eigenvalue weighted by Gasteiger charge is -2.14. The highest BCUT2D eigenvalue weighted by molar-refractivity contribution is 9.10. The summed E-state index contributed by atoms with van der Waals surface area (Å²) in [7, 11) is 0.